The van der Waals surface area contributed by atoms with Gasteiger partial charge in [-0.1, -0.05) is 26.3 Å². The van der Waals surface area contributed by atoms with Crippen molar-refractivity contribution < 1.29 is 0 Å². The zero-order valence-electron chi connectivity index (χ0n) is 7.78. The third-order valence-corrected chi connectivity index (χ3v) is 1.57. The molecule has 0 aromatic heterocycles. The van der Waals surface area contributed by atoms with Crippen LogP contribution < -0.4 is 0 Å². The molecule has 0 saturated carbocycles. The van der Waals surface area contributed by atoms with E-state index in [4.69, 9.17) is 0 Å². The monoisotopic (exact) mass is 140 g/mol. The summed E-state index contributed by atoms with van der Waals surface area (Å²) >= 11 is 0. The van der Waals surface area contributed by atoms with Crippen LogP contribution in [0.5, 0.6) is 0 Å². The van der Waals surface area contributed by atoms with E-state index in [9.17, 15) is 0 Å². The standard InChI is InChI=1S/C10H20/c1-8(2)6-10(5)7-9(3)4/h9-10H,1,6-7H2,2-5H3. The van der Waals surface area contributed by atoms with E-state index in [0.717, 1.165) is 11.8 Å². The highest BCUT2D eigenvalue weighted by molar-refractivity contribution is 4.89. The van der Waals surface area contributed by atoms with Crippen LogP contribution in [-0.4, -0.2) is 0 Å². The van der Waals surface area contributed by atoms with Gasteiger partial charge in [-0.2, -0.15) is 0 Å². The quantitative estimate of drug-likeness (QED) is 0.523. The van der Waals surface area contributed by atoms with E-state index in [1.807, 2.05) is 0 Å². The van der Waals surface area contributed by atoms with Gasteiger partial charge in [-0.15, -0.1) is 6.58 Å². The zero-order valence-corrected chi connectivity index (χ0v) is 7.78. The van der Waals surface area contributed by atoms with Crippen molar-refractivity contribution in [2.45, 2.75) is 40.5 Å². The van der Waals surface area contributed by atoms with Crippen molar-refractivity contribution in [2.75, 3.05) is 0 Å². The van der Waals surface area contributed by atoms with Gasteiger partial charge in [-0.05, 0) is 31.6 Å². The van der Waals surface area contributed by atoms with Gasteiger partial charge >= 0.3 is 0 Å². The lowest BCUT2D eigenvalue weighted by Crippen LogP contribution is -1.99. The van der Waals surface area contributed by atoms with Crippen LogP contribution in [0.4, 0.5) is 0 Å². The smallest absolute Gasteiger partial charge is 0.0300 e. The van der Waals surface area contributed by atoms with Gasteiger partial charge in [0.25, 0.3) is 0 Å². The minimum absolute atomic E-state index is 0.817. The van der Waals surface area contributed by atoms with E-state index in [2.05, 4.69) is 34.3 Å². The Hall–Kier alpha value is -0.260. The lowest BCUT2D eigenvalue weighted by Gasteiger charge is -2.12. The van der Waals surface area contributed by atoms with Gasteiger partial charge in [-0.3, -0.25) is 0 Å². The molecule has 0 spiro atoms. The molecule has 0 heterocycles. The Morgan fingerprint density at radius 1 is 1.30 bits per heavy atom. The highest BCUT2D eigenvalue weighted by Crippen LogP contribution is 2.17. The van der Waals surface area contributed by atoms with Crippen LogP contribution in [0, 0.1) is 11.8 Å². The second-order valence-electron chi connectivity index (χ2n) is 3.90. The average Bonchev–Trinajstić information content (AvgIpc) is 1.58. The van der Waals surface area contributed by atoms with Crippen molar-refractivity contribution in [1.82, 2.24) is 0 Å². The van der Waals surface area contributed by atoms with E-state index < -0.39 is 0 Å². The first-order valence-corrected chi connectivity index (χ1v) is 4.16. The summed E-state index contributed by atoms with van der Waals surface area (Å²) in [5.41, 5.74) is 1.31. The first kappa shape index (κ1) is 9.74. The summed E-state index contributed by atoms with van der Waals surface area (Å²) in [6.45, 7) is 12.9. The maximum atomic E-state index is 3.90. The Kier molecular flexibility index (Phi) is 4.42. The fourth-order valence-corrected chi connectivity index (χ4v) is 1.48. The Labute approximate surface area is 65.3 Å². The molecule has 1 atom stereocenters. The van der Waals surface area contributed by atoms with E-state index in [-0.39, 0.29) is 0 Å². The van der Waals surface area contributed by atoms with Crippen molar-refractivity contribution in [3.8, 4) is 0 Å². The second kappa shape index (κ2) is 4.54. The topological polar surface area (TPSA) is 0 Å². The Bertz CT molecular complexity index is 101. The number of hydrogen-bond donors (Lipinski definition) is 0. The fraction of sp³-hybridized carbons (Fsp3) is 0.800. The van der Waals surface area contributed by atoms with Gasteiger partial charge < -0.3 is 0 Å². The molecule has 60 valence electrons. The van der Waals surface area contributed by atoms with Crippen molar-refractivity contribution in [2.24, 2.45) is 11.8 Å². The lowest BCUT2D eigenvalue weighted by atomic mass is 9.94. The number of rotatable bonds is 4. The molecule has 0 amide bonds. The molecule has 0 aliphatic heterocycles. The molecule has 0 nitrogen and oxygen atoms in total. The summed E-state index contributed by atoms with van der Waals surface area (Å²) < 4.78 is 0. The SMILES string of the molecule is C=C(C)CC(C)CC(C)C. The van der Waals surface area contributed by atoms with E-state index in [1.54, 1.807) is 0 Å². The second-order valence-corrected chi connectivity index (χ2v) is 3.90. The highest BCUT2D eigenvalue weighted by Gasteiger charge is 2.03. The molecule has 0 rings (SSSR count). The molecule has 1 unspecified atom stereocenters. The highest BCUT2D eigenvalue weighted by atomic mass is 14.1. The van der Waals surface area contributed by atoms with Crippen molar-refractivity contribution >= 4 is 0 Å². The lowest BCUT2D eigenvalue weighted by molar-refractivity contribution is 0.436. The number of allylic oxidation sites excluding steroid dienone is 1. The average molecular weight is 140 g/mol. The molecule has 0 fully saturated rings. The van der Waals surface area contributed by atoms with Gasteiger partial charge in [0.05, 0.1) is 0 Å². The van der Waals surface area contributed by atoms with E-state index in [0.29, 0.717) is 0 Å². The molecule has 0 aliphatic carbocycles. The summed E-state index contributed by atoms with van der Waals surface area (Å²) in [7, 11) is 0. The molecule has 10 heavy (non-hydrogen) atoms. The maximum absolute atomic E-state index is 3.90. The van der Waals surface area contributed by atoms with Gasteiger partial charge in [0, 0.05) is 0 Å². The van der Waals surface area contributed by atoms with Gasteiger partial charge in [0.1, 0.15) is 0 Å². The molecular weight excluding hydrogens is 120 g/mol. The van der Waals surface area contributed by atoms with Crippen LogP contribution in [-0.2, 0) is 0 Å². The van der Waals surface area contributed by atoms with Crippen LogP contribution in [0.3, 0.4) is 0 Å². The minimum atomic E-state index is 0.817. The summed E-state index contributed by atoms with van der Waals surface area (Å²) in [5, 5.41) is 0. The zero-order chi connectivity index (χ0) is 8.15. The predicted octanol–water partition coefficient (Wildman–Crippen LogP) is 3.63. The van der Waals surface area contributed by atoms with Crippen molar-refractivity contribution in [3.05, 3.63) is 12.2 Å². The Morgan fingerprint density at radius 2 is 1.80 bits per heavy atom. The van der Waals surface area contributed by atoms with Crippen molar-refractivity contribution in [3.63, 3.8) is 0 Å². The van der Waals surface area contributed by atoms with E-state index in [1.165, 1.54) is 18.4 Å². The van der Waals surface area contributed by atoms with Crippen LogP contribution in [0.15, 0.2) is 12.2 Å². The van der Waals surface area contributed by atoms with Gasteiger partial charge in [0.15, 0.2) is 0 Å². The molecule has 0 aromatic rings. The third-order valence-electron chi connectivity index (χ3n) is 1.57. The van der Waals surface area contributed by atoms with Gasteiger partial charge in [-0.25, -0.2) is 0 Å². The Morgan fingerprint density at radius 3 is 2.10 bits per heavy atom. The van der Waals surface area contributed by atoms with Gasteiger partial charge in [0.2, 0.25) is 0 Å². The fourth-order valence-electron chi connectivity index (χ4n) is 1.48. The molecule has 0 radical (unpaired) electrons. The number of hydrogen-bond acceptors (Lipinski definition) is 0. The summed E-state index contributed by atoms with van der Waals surface area (Å²) in [6.07, 6.45) is 2.52. The normalized spacial score (nSPS) is 13.7. The minimum Gasteiger partial charge on any atom is -0.100 e. The molecule has 0 aromatic carbocycles. The first-order valence-electron chi connectivity index (χ1n) is 4.16. The molecular formula is C10H20. The summed E-state index contributed by atoms with van der Waals surface area (Å²) in [6, 6.07) is 0. The predicted molar refractivity (Wildman–Crippen MR) is 48.1 cm³/mol. The third kappa shape index (κ3) is 5.87. The maximum Gasteiger partial charge on any atom is -0.0300 e. The van der Waals surface area contributed by atoms with E-state index >= 15 is 0 Å². The molecule has 0 N–H and O–H groups in total. The molecule has 0 saturated heterocycles. The first-order chi connectivity index (χ1) is 4.52. The largest absolute Gasteiger partial charge is 0.100 e. The molecule has 0 bridgehead atoms. The Balaban J connectivity index is 3.43. The molecule has 0 heteroatoms. The van der Waals surface area contributed by atoms with Crippen LogP contribution >= 0.6 is 0 Å². The van der Waals surface area contributed by atoms with Crippen LogP contribution in [0.25, 0.3) is 0 Å². The summed E-state index contributed by atoms with van der Waals surface area (Å²) in [4.78, 5) is 0. The van der Waals surface area contributed by atoms with Crippen LogP contribution in [0.1, 0.15) is 40.5 Å². The summed E-state index contributed by atoms with van der Waals surface area (Å²) in [5.74, 6) is 1.65. The van der Waals surface area contributed by atoms with Crippen molar-refractivity contribution in [1.29, 1.82) is 0 Å². The molecule has 0 aliphatic rings. The van der Waals surface area contributed by atoms with Crippen LogP contribution in [0.2, 0.25) is 0 Å².